The number of anilines is 1. The molecule has 1 unspecified atom stereocenters. The first-order chi connectivity index (χ1) is 16.0. The van der Waals surface area contributed by atoms with E-state index < -0.39 is 10.0 Å². The third-order valence-corrected chi connectivity index (χ3v) is 8.56. The van der Waals surface area contributed by atoms with Gasteiger partial charge in [-0.3, -0.25) is 4.31 Å². The van der Waals surface area contributed by atoms with Crippen molar-refractivity contribution in [2.75, 3.05) is 24.1 Å². The van der Waals surface area contributed by atoms with Crippen molar-refractivity contribution in [2.24, 2.45) is 5.92 Å². The van der Waals surface area contributed by atoms with E-state index in [1.165, 1.54) is 16.1 Å². The van der Waals surface area contributed by atoms with Crippen LogP contribution in [-0.2, 0) is 34.2 Å². The van der Waals surface area contributed by atoms with Gasteiger partial charge in [0.2, 0.25) is 5.03 Å². The number of hydrogen-bond acceptors (Lipinski definition) is 6. The van der Waals surface area contributed by atoms with E-state index in [-0.39, 0.29) is 29.3 Å². The minimum Gasteiger partial charge on any atom is -0.490 e. The van der Waals surface area contributed by atoms with Gasteiger partial charge in [-0.05, 0) is 67.7 Å². The second-order valence-corrected chi connectivity index (χ2v) is 10.6. The van der Waals surface area contributed by atoms with Crippen molar-refractivity contribution >= 4 is 15.7 Å². The molecule has 0 radical (unpaired) electrons. The molecule has 0 amide bonds. The van der Waals surface area contributed by atoms with E-state index in [4.69, 9.17) is 9.47 Å². The predicted octanol–water partition coefficient (Wildman–Crippen LogP) is 3.86. The minimum atomic E-state index is -4.01. The molecule has 1 aromatic heterocycles. The number of aromatic nitrogens is 1. The van der Waals surface area contributed by atoms with Crippen LogP contribution in [0.4, 0.5) is 5.69 Å². The first-order valence-electron chi connectivity index (χ1n) is 11.9. The van der Waals surface area contributed by atoms with Gasteiger partial charge in [0.05, 0.1) is 18.9 Å². The van der Waals surface area contributed by atoms with E-state index >= 15 is 0 Å². The summed E-state index contributed by atoms with van der Waals surface area (Å²) in [6.07, 6.45) is 6.39. The molecule has 1 saturated heterocycles. The van der Waals surface area contributed by atoms with Crippen molar-refractivity contribution in [3.63, 3.8) is 0 Å². The maximum atomic E-state index is 14.1. The normalized spacial score (nSPS) is 19.4. The van der Waals surface area contributed by atoms with E-state index in [9.17, 15) is 13.5 Å². The van der Waals surface area contributed by atoms with E-state index in [0.717, 1.165) is 43.4 Å². The van der Waals surface area contributed by atoms with Gasteiger partial charge in [-0.1, -0.05) is 26.0 Å². The van der Waals surface area contributed by atoms with Crippen molar-refractivity contribution in [3.05, 3.63) is 47.2 Å². The van der Waals surface area contributed by atoms with Gasteiger partial charge in [0.15, 0.2) is 5.75 Å². The zero-order valence-electron chi connectivity index (χ0n) is 19.5. The summed E-state index contributed by atoms with van der Waals surface area (Å²) in [6.45, 7) is 5.53. The van der Waals surface area contributed by atoms with Crippen molar-refractivity contribution in [3.8, 4) is 5.75 Å². The Morgan fingerprint density at radius 3 is 2.67 bits per heavy atom. The molecular formula is C25H34N2O5S. The van der Waals surface area contributed by atoms with Gasteiger partial charge >= 0.3 is 0 Å². The molecule has 1 N–H and O–H groups in total. The van der Waals surface area contributed by atoms with Crippen LogP contribution in [0.1, 0.15) is 56.2 Å². The van der Waals surface area contributed by atoms with E-state index in [1.54, 1.807) is 6.07 Å². The molecule has 0 saturated carbocycles. The molecule has 0 aliphatic carbocycles. The predicted molar refractivity (Wildman–Crippen MR) is 127 cm³/mol. The molecule has 180 valence electrons. The van der Waals surface area contributed by atoms with Gasteiger partial charge in [0.1, 0.15) is 0 Å². The lowest BCUT2D eigenvalue weighted by atomic mass is 9.94. The molecule has 1 aromatic carbocycles. The lowest BCUT2D eigenvalue weighted by Gasteiger charge is -2.37. The molecule has 1 fully saturated rings. The Bertz CT molecular complexity index is 1070. The smallest absolute Gasteiger partial charge is 0.285 e. The Morgan fingerprint density at radius 1 is 1.18 bits per heavy atom. The summed E-state index contributed by atoms with van der Waals surface area (Å²) in [5.41, 5.74) is 3.40. The standard InChI is InChI=1S/C25H34N2O5S/c1-3-18-5-8-23-20(15-18)6-7-22(4-2)27(23)33(29,30)25-24(21(16-28)9-12-26-25)32-17-19-10-13-31-14-11-19/h5,8-9,12,15,19,22,28H,3-4,6-7,10-11,13-14,16-17H2,1-2H3. The van der Waals surface area contributed by atoms with Crippen molar-refractivity contribution in [1.82, 2.24) is 4.98 Å². The lowest BCUT2D eigenvalue weighted by Crippen LogP contribution is -2.44. The Kier molecular flexibility index (Phi) is 7.56. The molecule has 0 spiro atoms. The minimum absolute atomic E-state index is 0.119. The van der Waals surface area contributed by atoms with Crippen molar-refractivity contribution in [2.45, 2.75) is 70.0 Å². The molecule has 2 aromatic rings. The monoisotopic (exact) mass is 474 g/mol. The molecule has 3 heterocycles. The number of hydrogen-bond donors (Lipinski definition) is 1. The summed E-state index contributed by atoms with van der Waals surface area (Å²) >= 11 is 0. The van der Waals surface area contributed by atoms with Gasteiger partial charge in [0, 0.05) is 31.0 Å². The van der Waals surface area contributed by atoms with Crippen molar-refractivity contribution in [1.29, 1.82) is 0 Å². The topological polar surface area (TPSA) is 89.0 Å². The summed E-state index contributed by atoms with van der Waals surface area (Å²) in [4.78, 5) is 4.28. The van der Waals surface area contributed by atoms with Gasteiger partial charge < -0.3 is 14.6 Å². The summed E-state index contributed by atoms with van der Waals surface area (Å²) in [7, 11) is -4.01. The van der Waals surface area contributed by atoms with E-state index in [0.29, 0.717) is 31.8 Å². The molecule has 8 heteroatoms. The van der Waals surface area contributed by atoms with Crippen LogP contribution in [0.25, 0.3) is 0 Å². The third-order valence-electron chi connectivity index (χ3n) is 6.77. The molecular weight excluding hydrogens is 440 g/mol. The number of benzene rings is 1. The number of pyridine rings is 1. The van der Waals surface area contributed by atoms with Crippen LogP contribution in [-0.4, -0.2) is 44.4 Å². The summed E-state index contributed by atoms with van der Waals surface area (Å²) in [5.74, 6) is 0.450. The molecule has 2 aliphatic rings. The second-order valence-electron chi connectivity index (χ2n) is 8.85. The maximum Gasteiger partial charge on any atom is 0.285 e. The molecule has 7 nitrogen and oxygen atoms in total. The van der Waals surface area contributed by atoms with Crippen LogP contribution >= 0.6 is 0 Å². The Morgan fingerprint density at radius 2 is 1.97 bits per heavy atom. The zero-order valence-corrected chi connectivity index (χ0v) is 20.3. The van der Waals surface area contributed by atoms with Crippen LogP contribution in [0, 0.1) is 5.92 Å². The maximum absolute atomic E-state index is 14.1. The van der Waals surface area contributed by atoms with Crippen LogP contribution in [0.5, 0.6) is 5.75 Å². The average Bonchev–Trinajstić information content (AvgIpc) is 2.86. The average molecular weight is 475 g/mol. The number of aryl methyl sites for hydroxylation is 2. The fourth-order valence-electron chi connectivity index (χ4n) is 4.74. The molecule has 4 rings (SSSR count). The second kappa shape index (κ2) is 10.4. The van der Waals surface area contributed by atoms with Crippen LogP contribution in [0.3, 0.4) is 0 Å². The highest BCUT2D eigenvalue weighted by molar-refractivity contribution is 7.92. The van der Waals surface area contributed by atoms with Gasteiger partial charge in [-0.2, -0.15) is 8.42 Å². The highest BCUT2D eigenvalue weighted by atomic mass is 32.2. The quantitative estimate of drug-likeness (QED) is 0.625. The number of sulfonamides is 1. The third kappa shape index (κ3) is 4.88. The highest BCUT2D eigenvalue weighted by Crippen LogP contribution is 2.39. The number of rotatable bonds is 8. The first kappa shape index (κ1) is 24.0. The van der Waals surface area contributed by atoms with Gasteiger partial charge in [-0.25, -0.2) is 4.98 Å². The van der Waals surface area contributed by atoms with Crippen LogP contribution in [0.2, 0.25) is 0 Å². The highest BCUT2D eigenvalue weighted by Gasteiger charge is 2.38. The zero-order chi connectivity index (χ0) is 23.4. The summed E-state index contributed by atoms with van der Waals surface area (Å²) in [5, 5.41) is 9.81. The Labute approximate surface area is 196 Å². The number of ether oxygens (including phenoxy) is 2. The summed E-state index contributed by atoms with van der Waals surface area (Å²) in [6, 6.07) is 7.50. The first-order valence-corrected chi connectivity index (χ1v) is 13.4. The fourth-order valence-corrected chi connectivity index (χ4v) is 6.63. The number of aliphatic hydroxyl groups is 1. The SMILES string of the molecule is CCc1ccc2c(c1)CCC(CC)N2S(=O)(=O)c1nccc(CO)c1OCC1CCOCC1. The lowest BCUT2D eigenvalue weighted by molar-refractivity contribution is 0.0488. The molecule has 2 aliphatic heterocycles. The largest absolute Gasteiger partial charge is 0.490 e. The molecule has 1 atom stereocenters. The van der Waals surface area contributed by atoms with Gasteiger partial charge in [-0.15, -0.1) is 0 Å². The number of fused-ring (bicyclic) bond motifs is 1. The number of aliphatic hydroxyl groups excluding tert-OH is 1. The Balaban J connectivity index is 1.74. The van der Waals surface area contributed by atoms with Crippen LogP contribution in [0.15, 0.2) is 35.5 Å². The summed E-state index contributed by atoms with van der Waals surface area (Å²) < 4.78 is 41.2. The van der Waals surface area contributed by atoms with Gasteiger partial charge in [0.25, 0.3) is 10.0 Å². The Hall–Kier alpha value is -2.16. The molecule has 33 heavy (non-hydrogen) atoms. The van der Waals surface area contributed by atoms with E-state index in [2.05, 4.69) is 18.0 Å². The van der Waals surface area contributed by atoms with Crippen molar-refractivity contribution < 1.29 is 23.0 Å². The van der Waals surface area contributed by atoms with E-state index in [1.807, 2.05) is 19.1 Å². The van der Waals surface area contributed by atoms with Crippen LogP contribution < -0.4 is 9.04 Å². The fraction of sp³-hybridized carbons (Fsp3) is 0.560. The number of nitrogens with zero attached hydrogens (tertiary/aromatic N) is 2. The molecule has 0 bridgehead atoms.